The number of carbonyl (C=O) groups is 3. The van der Waals surface area contributed by atoms with Crippen molar-refractivity contribution in [1.29, 1.82) is 0 Å². The summed E-state index contributed by atoms with van der Waals surface area (Å²) in [6.07, 6.45) is 3.20. The van der Waals surface area contributed by atoms with Crippen LogP contribution in [0.25, 0.3) is 0 Å². The summed E-state index contributed by atoms with van der Waals surface area (Å²) in [7, 11) is 0. The Morgan fingerprint density at radius 3 is 1.89 bits per heavy atom. The molecule has 0 aromatic heterocycles. The van der Waals surface area contributed by atoms with Crippen LogP contribution < -0.4 is 22.1 Å². The number of cyclic esters (lactones) is 1. The van der Waals surface area contributed by atoms with Gasteiger partial charge in [-0.15, -0.1) is 0 Å². The first-order valence-corrected chi connectivity index (χ1v) is 24.8. The Balaban J connectivity index is 1.96. The van der Waals surface area contributed by atoms with Gasteiger partial charge in [-0.3, -0.25) is 14.4 Å². The highest BCUT2D eigenvalue weighted by atomic mass is 16.7. The molecule has 2 saturated heterocycles. The van der Waals surface area contributed by atoms with Crippen molar-refractivity contribution in [2.75, 3.05) is 19.6 Å². The van der Waals surface area contributed by atoms with Gasteiger partial charge in [0, 0.05) is 50.6 Å². The number of rotatable bonds is 7. The highest BCUT2D eigenvalue weighted by molar-refractivity contribution is 5.80. The molecule has 408 valence electrons. The third-order valence-corrected chi connectivity index (χ3v) is 12.9. The van der Waals surface area contributed by atoms with Gasteiger partial charge < -0.3 is 92.1 Å². The lowest BCUT2D eigenvalue weighted by Gasteiger charge is -2.46. The van der Waals surface area contributed by atoms with Crippen molar-refractivity contribution in [2.24, 2.45) is 29.2 Å². The lowest BCUT2D eigenvalue weighted by Crippen LogP contribution is -2.64. The Bertz CT molecular complexity index is 1860. The Hall–Kier alpha value is -4.01. The van der Waals surface area contributed by atoms with Crippen LogP contribution in [0.5, 0.6) is 0 Å². The van der Waals surface area contributed by atoms with Gasteiger partial charge in [0.15, 0.2) is 12.1 Å². The molecule has 2 amide bonds. The van der Waals surface area contributed by atoms with Crippen LogP contribution in [-0.2, 0) is 33.3 Å². The summed E-state index contributed by atoms with van der Waals surface area (Å²) in [6, 6.07) is -1.26. The summed E-state index contributed by atoms with van der Waals surface area (Å²) in [5.41, 5.74) is 11.1. The predicted molar refractivity (Wildman–Crippen MR) is 264 cm³/mol. The number of nitrogens with two attached hydrogens (primary N) is 2. The van der Waals surface area contributed by atoms with Crippen LogP contribution in [0.2, 0.25) is 0 Å². The van der Waals surface area contributed by atoms with Gasteiger partial charge in [-0.1, -0.05) is 98.9 Å². The molecule has 0 radical (unpaired) electrons. The van der Waals surface area contributed by atoms with Crippen LogP contribution in [0.3, 0.4) is 0 Å². The molecule has 0 unspecified atom stereocenters. The first kappa shape index (κ1) is 62.3. The van der Waals surface area contributed by atoms with E-state index < -0.39 is 159 Å². The normalized spacial score (nSPS) is 42.1. The number of carbonyl (C=O) groups excluding carboxylic acids is 3. The van der Waals surface area contributed by atoms with Gasteiger partial charge >= 0.3 is 5.97 Å². The zero-order valence-corrected chi connectivity index (χ0v) is 41.7. The Labute approximate surface area is 422 Å². The summed E-state index contributed by atoms with van der Waals surface area (Å²) in [6.45, 7) is 6.38. The van der Waals surface area contributed by atoms with E-state index >= 15 is 0 Å². The average molecular weight is 1020 g/mol. The Morgan fingerprint density at radius 2 is 1.29 bits per heavy atom. The van der Waals surface area contributed by atoms with Crippen LogP contribution >= 0.6 is 0 Å². The molecular weight excluding hydrogens is 941 g/mol. The van der Waals surface area contributed by atoms with Crippen molar-refractivity contribution >= 4 is 17.8 Å². The number of allylic oxidation sites excluding steroid dienone is 12. The van der Waals surface area contributed by atoms with Crippen LogP contribution in [0.1, 0.15) is 79.1 Å². The summed E-state index contributed by atoms with van der Waals surface area (Å²) in [5, 5.41) is 116. The number of ether oxygens (including phenoxy) is 4. The maximum atomic E-state index is 13.6. The van der Waals surface area contributed by atoms with Crippen LogP contribution in [0.4, 0.5) is 0 Å². The molecule has 3 aliphatic rings. The zero-order chi connectivity index (χ0) is 53.5. The molecule has 21 nitrogen and oxygen atoms in total. The van der Waals surface area contributed by atoms with Crippen LogP contribution in [0.15, 0.2) is 85.1 Å². The summed E-state index contributed by atoms with van der Waals surface area (Å²) < 4.78 is 23.8. The third kappa shape index (κ3) is 21.1. The number of hydrogen-bond acceptors (Lipinski definition) is 19. The molecule has 3 rings (SSSR count). The van der Waals surface area contributed by atoms with E-state index in [9.17, 15) is 65.4 Å². The van der Waals surface area contributed by atoms with Crippen molar-refractivity contribution in [3.05, 3.63) is 85.1 Å². The van der Waals surface area contributed by atoms with Crippen molar-refractivity contribution in [3.63, 3.8) is 0 Å². The first-order valence-electron chi connectivity index (χ1n) is 24.8. The number of esters is 1. The number of amides is 2. The number of nitrogens with one attached hydrogen (secondary N) is 2. The fraction of sp³-hybridized carbons (Fsp3) is 0.667. The maximum absolute atomic E-state index is 13.6. The Morgan fingerprint density at radius 1 is 0.694 bits per heavy atom. The number of hydrogen-bond donors (Lipinski definition) is 14. The molecule has 0 spiro atoms. The molecule has 3 aliphatic heterocycles. The average Bonchev–Trinajstić information content (AvgIpc) is 3.31. The van der Waals surface area contributed by atoms with E-state index in [1.54, 1.807) is 80.7 Å². The molecule has 0 aromatic carbocycles. The highest BCUT2D eigenvalue weighted by Gasteiger charge is 2.51. The van der Waals surface area contributed by atoms with E-state index in [2.05, 4.69) is 10.6 Å². The Kier molecular flexibility index (Phi) is 27.4. The molecule has 2 fully saturated rings. The molecular formula is C51H82N4O17. The molecule has 3 heterocycles. The number of aliphatic hydroxyl groups excluding tert-OH is 9. The van der Waals surface area contributed by atoms with Gasteiger partial charge in [0.05, 0.1) is 86.0 Å². The largest absolute Gasteiger partial charge is 0.462 e. The van der Waals surface area contributed by atoms with Gasteiger partial charge in [0.25, 0.3) is 0 Å². The second kappa shape index (κ2) is 31.7. The van der Waals surface area contributed by atoms with Gasteiger partial charge in [0.1, 0.15) is 18.3 Å². The van der Waals surface area contributed by atoms with Crippen molar-refractivity contribution in [2.45, 2.75) is 177 Å². The van der Waals surface area contributed by atoms with E-state index in [4.69, 9.17) is 30.4 Å². The second-order valence-electron chi connectivity index (χ2n) is 19.0. The van der Waals surface area contributed by atoms with E-state index in [-0.39, 0.29) is 44.7 Å². The standard InChI is InChI=1S/C51H82N4O17/c1-30-17-15-13-11-9-7-5-6-8-10-12-14-16-18-37(71-50-48(66)45(55-42(62)29-53)47(65)33(4)70-50)26-41-44(49(67)54-22-21-52)40(61)28-51(68,72-41)27-36(58)24-39(60)38(59)20-19-34(56)23-35(57)25-43(63)69-32(3)31(2)46(30)64/h5-18,30-41,44-48,50,56-61,64-66,68H,19-29,52-53H2,1-4H3,(H,54,67)(H,55,62)/b6-5+,9-7+,10-8+,13-11+,14-12+,17-15+,18-16+/t30-,31-,32-,33+,34+,35+,36-,37-,38+,39+,40-,41-,44+,45-,46+,47+,48-,50-,51+/m0/s1. The van der Waals surface area contributed by atoms with Crippen molar-refractivity contribution < 1.29 is 84.4 Å². The minimum Gasteiger partial charge on any atom is -0.462 e. The number of aliphatic hydroxyl groups is 10. The van der Waals surface area contributed by atoms with Gasteiger partial charge in [0.2, 0.25) is 11.8 Å². The number of fused-ring (bicyclic) bond motifs is 2. The fourth-order valence-corrected chi connectivity index (χ4v) is 8.69. The van der Waals surface area contributed by atoms with Crippen LogP contribution in [0, 0.1) is 17.8 Å². The van der Waals surface area contributed by atoms with Crippen LogP contribution in [-0.4, -0.2) is 186 Å². The van der Waals surface area contributed by atoms with Crippen molar-refractivity contribution in [1.82, 2.24) is 10.6 Å². The van der Waals surface area contributed by atoms with E-state index in [0.717, 1.165) is 0 Å². The molecule has 16 N–H and O–H groups in total. The predicted octanol–water partition coefficient (Wildman–Crippen LogP) is -1.18. The van der Waals surface area contributed by atoms with Crippen molar-refractivity contribution in [3.8, 4) is 0 Å². The topological polar surface area (TPSA) is 367 Å². The van der Waals surface area contributed by atoms with E-state index in [0.29, 0.717) is 0 Å². The van der Waals surface area contributed by atoms with Gasteiger partial charge in [-0.25, -0.2) is 0 Å². The minimum absolute atomic E-state index is 0.0330. The second-order valence-corrected chi connectivity index (χ2v) is 19.0. The molecule has 21 heteroatoms. The monoisotopic (exact) mass is 1020 g/mol. The zero-order valence-electron chi connectivity index (χ0n) is 41.7. The van der Waals surface area contributed by atoms with E-state index in [1.807, 2.05) is 19.1 Å². The lowest BCUT2D eigenvalue weighted by atomic mass is 9.82. The molecule has 2 bridgehead atoms. The molecule has 0 saturated carbocycles. The van der Waals surface area contributed by atoms with E-state index in [1.165, 1.54) is 13.0 Å². The minimum atomic E-state index is -2.32. The molecule has 19 atom stereocenters. The van der Waals surface area contributed by atoms with Gasteiger partial charge in [-0.2, -0.15) is 0 Å². The summed E-state index contributed by atoms with van der Waals surface area (Å²) in [5.74, 6) is -6.48. The molecule has 0 aromatic rings. The quantitative estimate of drug-likeness (QED) is 0.133. The SMILES string of the molecule is C[C@@H]1[C@H](O)[C@@H](C)/C=C/C=C/C=C/C=C/C=C/C=C/C=C/[C@H](O[C@@H]2O[C@H](C)[C@@H](O)[C@H](NC(=O)CN)[C@@H]2O)C[C@@H]2O[C@](O)(C[C@@H](O)C[C@@H](O)[C@H](O)CC[C@@H](O)C[C@@H](O)CC(=O)O[C@H]1C)C[C@H](O)[C@H]2C(=O)NCCN. The summed E-state index contributed by atoms with van der Waals surface area (Å²) >= 11 is 0. The first-order chi connectivity index (χ1) is 34.1. The van der Waals surface area contributed by atoms with Gasteiger partial charge in [-0.05, 0) is 33.1 Å². The smallest absolute Gasteiger partial charge is 0.308 e. The summed E-state index contributed by atoms with van der Waals surface area (Å²) in [4.78, 5) is 38.5. The third-order valence-electron chi connectivity index (χ3n) is 12.9. The molecule has 0 aliphatic carbocycles. The highest BCUT2D eigenvalue weighted by Crippen LogP contribution is 2.38. The maximum Gasteiger partial charge on any atom is 0.308 e. The fourth-order valence-electron chi connectivity index (χ4n) is 8.69. The lowest BCUT2D eigenvalue weighted by molar-refractivity contribution is -0.307. The molecule has 72 heavy (non-hydrogen) atoms.